The number of fused-ring (bicyclic) bond motifs is 1. The highest BCUT2D eigenvalue weighted by molar-refractivity contribution is 5.75. The Morgan fingerprint density at radius 1 is 1.16 bits per heavy atom. The highest BCUT2D eigenvalue weighted by Gasteiger charge is 2.33. The van der Waals surface area contributed by atoms with Gasteiger partial charge in [-0.3, -0.25) is 0 Å². The maximum absolute atomic E-state index is 13.5. The van der Waals surface area contributed by atoms with Crippen LogP contribution >= 0.6 is 0 Å². The molecule has 1 atom stereocenters. The molecule has 0 saturated carbocycles. The van der Waals surface area contributed by atoms with Gasteiger partial charge in [0.15, 0.2) is 0 Å². The molecule has 2 N–H and O–H groups in total. The lowest BCUT2D eigenvalue weighted by atomic mass is 10.0. The summed E-state index contributed by atoms with van der Waals surface area (Å²) in [6, 6.07) is 10.8. The highest BCUT2D eigenvalue weighted by atomic mass is 16.5. The fourth-order valence-electron chi connectivity index (χ4n) is 4.65. The number of nitrogens with one attached hydrogen (secondary N) is 2. The van der Waals surface area contributed by atoms with Crippen LogP contribution in [0.4, 0.5) is 10.7 Å². The molecule has 5 rings (SSSR count). The normalized spacial score (nSPS) is 22.1. The molecule has 1 aromatic carbocycles. The average Bonchev–Trinajstić information content (AvgIpc) is 2.84. The molecule has 0 bridgehead atoms. The van der Waals surface area contributed by atoms with Gasteiger partial charge in [-0.15, -0.1) is 0 Å². The van der Waals surface area contributed by atoms with Crippen LogP contribution in [0.2, 0.25) is 0 Å². The molecular formula is C23H30N6O2. The third-order valence-electron chi connectivity index (χ3n) is 6.44. The molecule has 3 aliphatic rings. The van der Waals surface area contributed by atoms with Crippen molar-refractivity contribution < 1.29 is 9.53 Å². The SMILES string of the molecule is O=C(N1CCc2cnc(NC3CCOCC3)nc2C1)N1CCNCC1c1ccccc1. The molecule has 0 aliphatic carbocycles. The van der Waals surface area contributed by atoms with Crippen molar-refractivity contribution in [2.24, 2.45) is 0 Å². The second-order valence-electron chi connectivity index (χ2n) is 8.47. The van der Waals surface area contributed by atoms with Crippen LogP contribution in [-0.2, 0) is 17.7 Å². The lowest BCUT2D eigenvalue weighted by molar-refractivity contribution is 0.0903. The molecule has 0 spiro atoms. The Balaban J connectivity index is 1.29. The average molecular weight is 423 g/mol. The zero-order valence-corrected chi connectivity index (χ0v) is 17.8. The van der Waals surface area contributed by atoms with Gasteiger partial charge in [-0.1, -0.05) is 30.3 Å². The number of urea groups is 1. The van der Waals surface area contributed by atoms with Gasteiger partial charge >= 0.3 is 6.03 Å². The molecule has 8 nitrogen and oxygen atoms in total. The molecule has 2 fully saturated rings. The minimum absolute atomic E-state index is 0.0556. The number of hydrogen-bond donors (Lipinski definition) is 2. The van der Waals surface area contributed by atoms with Gasteiger partial charge < -0.3 is 25.2 Å². The van der Waals surface area contributed by atoms with E-state index in [0.29, 0.717) is 31.6 Å². The van der Waals surface area contributed by atoms with Crippen LogP contribution in [0.15, 0.2) is 36.5 Å². The van der Waals surface area contributed by atoms with E-state index in [1.54, 1.807) is 0 Å². The fraction of sp³-hybridized carbons (Fsp3) is 0.522. The van der Waals surface area contributed by atoms with Crippen molar-refractivity contribution in [3.8, 4) is 0 Å². The van der Waals surface area contributed by atoms with Gasteiger partial charge in [-0.2, -0.15) is 0 Å². The second-order valence-corrected chi connectivity index (χ2v) is 8.47. The van der Waals surface area contributed by atoms with Crippen LogP contribution in [0.5, 0.6) is 0 Å². The highest BCUT2D eigenvalue weighted by Crippen LogP contribution is 2.26. The minimum atomic E-state index is 0.0556. The monoisotopic (exact) mass is 422 g/mol. The van der Waals surface area contributed by atoms with E-state index in [4.69, 9.17) is 9.72 Å². The lowest BCUT2D eigenvalue weighted by Crippen LogP contribution is -2.54. The van der Waals surface area contributed by atoms with Gasteiger partial charge in [-0.05, 0) is 30.4 Å². The number of piperazine rings is 1. The quantitative estimate of drug-likeness (QED) is 0.789. The van der Waals surface area contributed by atoms with E-state index in [-0.39, 0.29) is 12.1 Å². The number of rotatable bonds is 3. The zero-order valence-electron chi connectivity index (χ0n) is 17.8. The molecule has 2 saturated heterocycles. The summed E-state index contributed by atoms with van der Waals surface area (Å²) in [6.45, 7) is 5.10. The van der Waals surface area contributed by atoms with E-state index in [1.807, 2.05) is 34.2 Å². The van der Waals surface area contributed by atoms with Crippen molar-refractivity contribution >= 4 is 12.0 Å². The summed E-state index contributed by atoms with van der Waals surface area (Å²) < 4.78 is 5.43. The number of aromatic nitrogens is 2. The van der Waals surface area contributed by atoms with Crippen LogP contribution in [0.25, 0.3) is 0 Å². The number of amides is 2. The smallest absolute Gasteiger partial charge is 0.320 e. The minimum Gasteiger partial charge on any atom is -0.381 e. The zero-order chi connectivity index (χ0) is 21.0. The number of ether oxygens (including phenoxy) is 1. The number of nitrogens with zero attached hydrogens (tertiary/aromatic N) is 4. The van der Waals surface area contributed by atoms with E-state index in [2.05, 4.69) is 27.8 Å². The molecule has 8 heteroatoms. The molecule has 0 radical (unpaired) electrons. The first kappa shape index (κ1) is 20.2. The number of hydrogen-bond acceptors (Lipinski definition) is 6. The Morgan fingerprint density at radius 2 is 2.00 bits per heavy atom. The fourth-order valence-corrected chi connectivity index (χ4v) is 4.65. The summed E-state index contributed by atoms with van der Waals surface area (Å²) in [6.07, 6.45) is 4.65. The summed E-state index contributed by atoms with van der Waals surface area (Å²) in [5.74, 6) is 0.657. The number of carbonyl (C=O) groups excluding carboxylic acids is 1. The topological polar surface area (TPSA) is 82.6 Å². The van der Waals surface area contributed by atoms with E-state index in [1.165, 1.54) is 5.56 Å². The van der Waals surface area contributed by atoms with Crippen LogP contribution in [0, 0.1) is 0 Å². The Morgan fingerprint density at radius 3 is 2.84 bits per heavy atom. The Bertz CT molecular complexity index is 902. The van der Waals surface area contributed by atoms with Crippen molar-refractivity contribution in [1.82, 2.24) is 25.1 Å². The number of benzene rings is 1. The molecule has 1 unspecified atom stereocenters. The molecule has 164 valence electrons. The third kappa shape index (κ3) is 4.50. The third-order valence-corrected chi connectivity index (χ3v) is 6.44. The summed E-state index contributed by atoms with van der Waals surface area (Å²) in [5.41, 5.74) is 3.27. The predicted octanol–water partition coefficient (Wildman–Crippen LogP) is 2.19. The van der Waals surface area contributed by atoms with Gasteiger partial charge in [0, 0.05) is 51.6 Å². The Labute approximate surface area is 183 Å². The van der Waals surface area contributed by atoms with E-state index < -0.39 is 0 Å². The van der Waals surface area contributed by atoms with Gasteiger partial charge in [0.1, 0.15) is 0 Å². The molecular weight excluding hydrogens is 392 g/mol. The second kappa shape index (κ2) is 9.20. The van der Waals surface area contributed by atoms with Crippen LogP contribution in [0.3, 0.4) is 0 Å². The first-order chi connectivity index (χ1) is 15.3. The summed E-state index contributed by atoms with van der Waals surface area (Å²) in [5, 5.41) is 6.88. The molecule has 3 aliphatic heterocycles. The lowest BCUT2D eigenvalue weighted by Gasteiger charge is -2.40. The van der Waals surface area contributed by atoms with E-state index >= 15 is 0 Å². The Hall–Kier alpha value is -2.71. The summed E-state index contributed by atoms with van der Waals surface area (Å²) >= 11 is 0. The maximum Gasteiger partial charge on any atom is 0.320 e. The van der Waals surface area contributed by atoms with Crippen LogP contribution in [0.1, 0.15) is 35.7 Å². The molecule has 2 amide bonds. The maximum atomic E-state index is 13.5. The molecule has 1 aromatic heterocycles. The summed E-state index contributed by atoms with van der Waals surface area (Å²) in [4.78, 5) is 26.7. The first-order valence-electron chi connectivity index (χ1n) is 11.3. The van der Waals surface area contributed by atoms with Gasteiger partial charge in [0.05, 0.1) is 18.3 Å². The van der Waals surface area contributed by atoms with E-state index in [0.717, 1.165) is 56.8 Å². The van der Waals surface area contributed by atoms with Gasteiger partial charge in [-0.25, -0.2) is 14.8 Å². The van der Waals surface area contributed by atoms with Crippen molar-refractivity contribution in [2.75, 3.05) is 44.7 Å². The van der Waals surface area contributed by atoms with Gasteiger partial charge in [0.2, 0.25) is 5.95 Å². The molecule has 4 heterocycles. The Kier molecular flexibility index (Phi) is 5.99. The van der Waals surface area contributed by atoms with Crippen LogP contribution < -0.4 is 10.6 Å². The van der Waals surface area contributed by atoms with Crippen LogP contribution in [-0.4, -0.2) is 71.2 Å². The largest absolute Gasteiger partial charge is 0.381 e. The first-order valence-corrected chi connectivity index (χ1v) is 11.3. The predicted molar refractivity (Wildman–Crippen MR) is 118 cm³/mol. The molecule has 2 aromatic rings. The van der Waals surface area contributed by atoms with Crippen molar-refractivity contribution in [3.63, 3.8) is 0 Å². The van der Waals surface area contributed by atoms with E-state index in [9.17, 15) is 4.79 Å². The number of anilines is 1. The molecule has 31 heavy (non-hydrogen) atoms. The van der Waals surface area contributed by atoms with Crippen molar-refractivity contribution in [3.05, 3.63) is 53.3 Å². The standard InChI is InChI=1S/C23H30N6O2/c30-23(29-11-9-24-15-21(29)17-4-2-1-3-5-17)28-10-6-18-14-25-22(27-20(18)16-28)26-19-7-12-31-13-8-19/h1-5,14,19,21,24H,6-13,15-16H2,(H,25,26,27). The summed E-state index contributed by atoms with van der Waals surface area (Å²) in [7, 11) is 0. The van der Waals surface area contributed by atoms with Crippen molar-refractivity contribution in [1.29, 1.82) is 0 Å². The van der Waals surface area contributed by atoms with Crippen molar-refractivity contribution in [2.45, 2.75) is 37.9 Å². The number of carbonyl (C=O) groups is 1. The van der Waals surface area contributed by atoms with Gasteiger partial charge in [0.25, 0.3) is 0 Å².